The zero-order valence-electron chi connectivity index (χ0n) is 14.9. The number of alkyl halides is 2. The number of aliphatic hydroxyl groups is 1. The first kappa shape index (κ1) is 22.3. The topological polar surface area (TPSA) is 102 Å². The molecule has 0 radical (unpaired) electrons. The minimum atomic E-state index is -3.99. The molecule has 1 aromatic rings. The van der Waals surface area contributed by atoms with E-state index in [0.29, 0.717) is 12.1 Å². The number of nitrogens with one attached hydrogen (secondary N) is 1. The molecule has 0 saturated carbocycles. The number of halogens is 3. The van der Waals surface area contributed by atoms with Crippen LogP contribution < -0.4 is 9.46 Å². The second-order valence-corrected chi connectivity index (χ2v) is 8.70. The minimum Gasteiger partial charge on any atom is -0.490 e. The predicted molar refractivity (Wildman–Crippen MR) is 90.0 cm³/mol. The van der Waals surface area contributed by atoms with Gasteiger partial charge in [-0.15, -0.1) is 0 Å². The first-order valence-corrected chi connectivity index (χ1v) is 8.57. The Labute approximate surface area is 151 Å². The van der Waals surface area contributed by atoms with Crippen LogP contribution in [0.3, 0.4) is 0 Å². The van der Waals surface area contributed by atoms with Crippen molar-refractivity contribution in [3.8, 4) is 5.75 Å². The van der Waals surface area contributed by atoms with Crippen molar-refractivity contribution in [1.82, 2.24) is 4.72 Å². The van der Waals surface area contributed by atoms with Gasteiger partial charge in [0.2, 0.25) is 0 Å². The lowest BCUT2D eigenvalue weighted by atomic mass is 9.86. The molecule has 148 valence electrons. The Morgan fingerprint density at radius 1 is 1.31 bits per heavy atom. The van der Waals surface area contributed by atoms with Crippen LogP contribution in [0.25, 0.3) is 0 Å². The third-order valence-electron chi connectivity index (χ3n) is 3.79. The second kappa shape index (κ2) is 7.49. The molecule has 0 amide bonds. The van der Waals surface area contributed by atoms with Gasteiger partial charge in [0.1, 0.15) is 18.0 Å². The number of methoxy groups -OCH3 is 1. The summed E-state index contributed by atoms with van der Waals surface area (Å²) in [5.41, 5.74) is -4.25. The zero-order chi connectivity index (χ0) is 20.5. The number of ether oxygens (including phenoxy) is 1. The zero-order valence-corrected chi connectivity index (χ0v) is 15.7. The van der Waals surface area contributed by atoms with E-state index in [1.54, 1.807) is 0 Å². The van der Waals surface area contributed by atoms with Gasteiger partial charge in [0, 0.05) is 17.7 Å². The van der Waals surface area contributed by atoms with Gasteiger partial charge in [-0.3, -0.25) is 10.1 Å². The highest BCUT2D eigenvalue weighted by molar-refractivity contribution is 7.84. The Balaban J connectivity index is 3.71. The van der Waals surface area contributed by atoms with Crippen LogP contribution >= 0.6 is 0 Å². The van der Waals surface area contributed by atoms with E-state index in [0.717, 1.165) is 14.0 Å². The van der Waals surface area contributed by atoms with Gasteiger partial charge in [-0.1, -0.05) is 0 Å². The maximum atomic E-state index is 14.5. The van der Waals surface area contributed by atoms with E-state index in [1.165, 1.54) is 20.8 Å². The molecule has 0 aliphatic rings. The highest BCUT2D eigenvalue weighted by atomic mass is 32.2. The van der Waals surface area contributed by atoms with Gasteiger partial charge in [0.25, 0.3) is 5.92 Å². The molecular formula is C15H21F3N2O5S. The molecular weight excluding hydrogens is 377 g/mol. The molecule has 2 atom stereocenters. The maximum absolute atomic E-state index is 14.5. The molecule has 0 spiro atoms. The van der Waals surface area contributed by atoms with Crippen molar-refractivity contribution in [2.75, 3.05) is 13.7 Å². The molecule has 2 N–H and O–H groups in total. The van der Waals surface area contributed by atoms with Crippen molar-refractivity contribution in [2.24, 2.45) is 0 Å². The average molecular weight is 398 g/mol. The quantitative estimate of drug-likeness (QED) is 0.543. The Morgan fingerprint density at radius 2 is 1.85 bits per heavy atom. The van der Waals surface area contributed by atoms with Crippen molar-refractivity contribution < 1.29 is 32.1 Å². The van der Waals surface area contributed by atoms with Crippen LogP contribution in [-0.2, 0) is 16.5 Å². The van der Waals surface area contributed by atoms with E-state index in [-0.39, 0.29) is 0 Å². The first-order chi connectivity index (χ1) is 11.7. The summed E-state index contributed by atoms with van der Waals surface area (Å²) in [6.45, 7) is 3.62. The van der Waals surface area contributed by atoms with Crippen LogP contribution in [0.1, 0.15) is 33.3 Å². The minimum absolute atomic E-state index is 0.456. The van der Waals surface area contributed by atoms with E-state index >= 15 is 0 Å². The number of nitro groups is 1. The van der Waals surface area contributed by atoms with Crippen molar-refractivity contribution in [2.45, 2.75) is 43.9 Å². The molecule has 1 aromatic carbocycles. The van der Waals surface area contributed by atoms with Crippen LogP contribution in [0.2, 0.25) is 0 Å². The standard InChI is InChI=1S/C15H21F3N2O5S/c1-13(2,3)26(24)19-14(4,15(17,18)8-21)9-6-11(20(22)23)12(25-5)7-10(9)16/h6-7,19,21H,8H2,1-5H3/t14-,26-/m1/s1. The normalized spacial score (nSPS) is 16.0. The summed E-state index contributed by atoms with van der Waals surface area (Å²) in [5, 5.41) is 20.3. The van der Waals surface area contributed by atoms with E-state index in [9.17, 15) is 27.5 Å². The van der Waals surface area contributed by atoms with Gasteiger partial charge in [0.05, 0.1) is 27.8 Å². The largest absolute Gasteiger partial charge is 0.490 e. The number of nitrogens with zero attached hydrogens (tertiary/aromatic N) is 1. The Morgan fingerprint density at radius 3 is 2.23 bits per heavy atom. The fourth-order valence-electron chi connectivity index (χ4n) is 2.06. The summed E-state index contributed by atoms with van der Waals surface area (Å²) in [6.07, 6.45) is 0. The Hall–Kier alpha value is -1.72. The van der Waals surface area contributed by atoms with Crippen LogP contribution in [-0.4, -0.2) is 38.6 Å². The lowest BCUT2D eigenvalue weighted by Gasteiger charge is -2.39. The monoisotopic (exact) mass is 398 g/mol. The van der Waals surface area contributed by atoms with E-state index in [2.05, 4.69) is 4.72 Å². The van der Waals surface area contributed by atoms with Crippen LogP contribution in [0, 0.1) is 15.9 Å². The van der Waals surface area contributed by atoms with Gasteiger partial charge in [0.15, 0.2) is 5.75 Å². The first-order valence-electron chi connectivity index (χ1n) is 7.42. The van der Waals surface area contributed by atoms with Crippen molar-refractivity contribution in [3.63, 3.8) is 0 Å². The molecule has 0 saturated heterocycles. The molecule has 0 aliphatic heterocycles. The van der Waals surface area contributed by atoms with Crippen LogP contribution in [0.15, 0.2) is 12.1 Å². The number of aliphatic hydroxyl groups excluding tert-OH is 1. The van der Waals surface area contributed by atoms with Crippen molar-refractivity contribution in [1.29, 1.82) is 0 Å². The lowest BCUT2D eigenvalue weighted by molar-refractivity contribution is -0.385. The summed E-state index contributed by atoms with van der Waals surface area (Å²) in [5.74, 6) is -5.68. The lowest BCUT2D eigenvalue weighted by Crippen LogP contribution is -2.58. The SMILES string of the molecule is COc1cc(F)c([C@@](C)(N[S@](=O)C(C)(C)C)C(F)(F)CO)cc1[N+](=O)[O-]. The maximum Gasteiger partial charge on any atom is 0.311 e. The smallest absolute Gasteiger partial charge is 0.311 e. The predicted octanol–water partition coefficient (Wildman–Crippen LogP) is 2.64. The number of nitro benzene ring substituents is 1. The second-order valence-electron chi connectivity index (χ2n) is 6.73. The number of hydrogen-bond donors (Lipinski definition) is 2. The highest BCUT2D eigenvalue weighted by Crippen LogP contribution is 2.42. The fraction of sp³-hybridized carbons (Fsp3) is 0.600. The van der Waals surface area contributed by atoms with Crippen molar-refractivity contribution in [3.05, 3.63) is 33.6 Å². The Kier molecular flexibility index (Phi) is 6.43. The van der Waals surface area contributed by atoms with Gasteiger partial charge in [-0.25, -0.2) is 22.1 Å². The highest BCUT2D eigenvalue weighted by Gasteiger charge is 2.54. The van der Waals surface area contributed by atoms with E-state index in [4.69, 9.17) is 9.84 Å². The summed E-state index contributed by atoms with van der Waals surface area (Å²) >= 11 is 0. The molecule has 0 aliphatic carbocycles. The summed E-state index contributed by atoms with van der Waals surface area (Å²) in [7, 11) is -1.03. The van der Waals surface area contributed by atoms with Gasteiger partial charge in [-0.2, -0.15) is 0 Å². The molecule has 0 heterocycles. The third-order valence-corrected chi connectivity index (χ3v) is 5.49. The average Bonchev–Trinajstić information content (AvgIpc) is 2.52. The summed E-state index contributed by atoms with van der Waals surface area (Å²) < 4.78 is 61.8. The number of rotatable bonds is 7. The third kappa shape index (κ3) is 4.15. The van der Waals surface area contributed by atoms with Gasteiger partial charge < -0.3 is 9.84 Å². The van der Waals surface area contributed by atoms with E-state index < -0.39 is 61.5 Å². The molecule has 7 nitrogen and oxygen atoms in total. The summed E-state index contributed by atoms with van der Waals surface area (Å²) in [4.78, 5) is 10.2. The molecule has 0 unspecified atom stereocenters. The van der Waals surface area contributed by atoms with Crippen molar-refractivity contribution >= 4 is 16.7 Å². The molecule has 11 heteroatoms. The molecule has 26 heavy (non-hydrogen) atoms. The molecule has 0 bridgehead atoms. The van der Waals surface area contributed by atoms with Crippen LogP contribution in [0.4, 0.5) is 18.9 Å². The van der Waals surface area contributed by atoms with Gasteiger partial charge in [-0.05, 0) is 27.7 Å². The van der Waals surface area contributed by atoms with E-state index in [1.807, 2.05) is 0 Å². The molecule has 0 aromatic heterocycles. The number of benzene rings is 1. The fourth-order valence-corrected chi connectivity index (χ4v) is 2.99. The molecule has 1 rings (SSSR count). The number of hydrogen-bond acceptors (Lipinski definition) is 5. The summed E-state index contributed by atoms with van der Waals surface area (Å²) in [6, 6.07) is 1.19. The van der Waals surface area contributed by atoms with Crippen LogP contribution in [0.5, 0.6) is 5.75 Å². The van der Waals surface area contributed by atoms with Gasteiger partial charge >= 0.3 is 5.69 Å². The Bertz CT molecular complexity index is 724. The molecule has 0 fully saturated rings.